The molecule has 7 heteroatoms. The van der Waals surface area contributed by atoms with Crippen molar-refractivity contribution in [1.82, 2.24) is 15.4 Å². The van der Waals surface area contributed by atoms with E-state index in [1.165, 1.54) is 12.1 Å². The first-order chi connectivity index (χ1) is 10.1. The van der Waals surface area contributed by atoms with E-state index < -0.39 is 21.7 Å². The number of fused-ring (bicyclic) bond motifs is 3. The van der Waals surface area contributed by atoms with E-state index in [1.54, 1.807) is 12.1 Å². The average Bonchev–Trinajstić information content (AvgIpc) is 2.98. The third kappa shape index (κ3) is 1.27. The van der Waals surface area contributed by atoms with Gasteiger partial charge in [-0.3, -0.25) is 29.4 Å². The van der Waals surface area contributed by atoms with Gasteiger partial charge in [-0.15, -0.1) is 0 Å². The highest BCUT2D eigenvalue weighted by Gasteiger charge is 2.19. The molecule has 0 saturated heterocycles. The van der Waals surface area contributed by atoms with Crippen LogP contribution in [0.5, 0.6) is 0 Å². The number of hydrogen-bond acceptors (Lipinski definition) is 4. The molecule has 7 nitrogen and oxygen atoms in total. The minimum Gasteiger partial charge on any atom is -0.288 e. The second-order valence-electron chi connectivity index (χ2n) is 4.74. The maximum absolute atomic E-state index is 12.5. The Morgan fingerprint density at radius 2 is 1.05 bits per heavy atom. The molecule has 21 heavy (non-hydrogen) atoms. The third-order valence-corrected chi connectivity index (χ3v) is 3.65. The summed E-state index contributed by atoms with van der Waals surface area (Å²) in [7, 11) is 0. The highest BCUT2D eigenvalue weighted by Crippen LogP contribution is 2.10. The Kier molecular flexibility index (Phi) is 2.02. The van der Waals surface area contributed by atoms with Crippen LogP contribution in [0.25, 0.3) is 32.6 Å². The van der Waals surface area contributed by atoms with Crippen molar-refractivity contribution in [3.8, 4) is 0 Å². The molecule has 0 aliphatic heterocycles. The van der Waals surface area contributed by atoms with Crippen LogP contribution in [-0.2, 0) is 0 Å². The minimum atomic E-state index is -0.662. The van der Waals surface area contributed by atoms with Gasteiger partial charge in [0.25, 0.3) is 0 Å². The highest BCUT2D eigenvalue weighted by atomic mass is 16.1. The molecule has 1 heterocycles. The predicted molar refractivity (Wildman–Crippen MR) is 78.3 cm³/mol. The zero-order chi connectivity index (χ0) is 14.7. The van der Waals surface area contributed by atoms with E-state index in [4.69, 9.17) is 0 Å². The molecular formula is C14H7N3O4. The maximum Gasteiger partial charge on any atom is 0.217 e. The normalized spacial score (nSPS) is 11.6. The van der Waals surface area contributed by atoms with Gasteiger partial charge in [0, 0.05) is 10.8 Å². The molecule has 0 fully saturated rings. The number of H-pyrrole nitrogens is 3. The van der Waals surface area contributed by atoms with Crippen molar-refractivity contribution in [2.75, 3.05) is 0 Å². The number of aromatic nitrogens is 3. The first kappa shape index (κ1) is 11.6. The van der Waals surface area contributed by atoms with Crippen molar-refractivity contribution in [2.45, 2.75) is 0 Å². The number of rotatable bonds is 0. The number of aromatic amines is 3. The van der Waals surface area contributed by atoms with Crippen molar-refractivity contribution in [1.29, 1.82) is 0 Å². The van der Waals surface area contributed by atoms with E-state index in [-0.39, 0.29) is 32.6 Å². The Morgan fingerprint density at radius 3 is 1.48 bits per heavy atom. The molecule has 102 valence electrons. The van der Waals surface area contributed by atoms with Crippen molar-refractivity contribution >= 4 is 32.6 Å². The summed E-state index contributed by atoms with van der Waals surface area (Å²) in [4.78, 5) is 49.7. The molecule has 0 radical (unpaired) electrons. The van der Waals surface area contributed by atoms with Crippen LogP contribution in [0.15, 0.2) is 43.4 Å². The molecule has 3 N–H and O–H groups in total. The highest BCUT2D eigenvalue weighted by molar-refractivity contribution is 6.02. The van der Waals surface area contributed by atoms with Crippen molar-refractivity contribution < 1.29 is 0 Å². The van der Waals surface area contributed by atoms with Gasteiger partial charge >= 0.3 is 0 Å². The van der Waals surface area contributed by atoms with E-state index in [2.05, 4.69) is 15.4 Å². The summed E-state index contributed by atoms with van der Waals surface area (Å²) in [5.74, 6) is 0. The van der Waals surface area contributed by atoms with Gasteiger partial charge in [-0.25, -0.2) is 5.21 Å². The minimum absolute atomic E-state index is 0.0423. The number of benzene rings is 3. The van der Waals surface area contributed by atoms with Crippen molar-refractivity contribution in [2.24, 2.45) is 0 Å². The molecule has 0 atom stereocenters. The topological polar surface area (TPSA) is 116 Å². The first-order valence-electron chi connectivity index (χ1n) is 6.14. The summed E-state index contributed by atoms with van der Waals surface area (Å²) in [6.07, 6.45) is 0. The van der Waals surface area contributed by atoms with Gasteiger partial charge < -0.3 is 0 Å². The molecule has 0 amide bonds. The Balaban J connectivity index is 2.59. The fraction of sp³-hybridized carbons (Fsp3) is 0. The average molecular weight is 281 g/mol. The Morgan fingerprint density at radius 1 is 0.619 bits per heavy atom. The van der Waals surface area contributed by atoms with E-state index in [0.29, 0.717) is 0 Å². The lowest BCUT2D eigenvalue weighted by atomic mass is 10.0. The zero-order valence-corrected chi connectivity index (χ0v) is 10.4. The zero-order valence-electron chi connectivity index (χ0n) is 10.4. The monoisotopic (exact) mass is 281 g/mol. The molecule has 4 rings (SSSR count). The summed E-state index contributed by atoms with van der Waals surface area (Å²) in [5.41, 5.74) is -2.61. The summed E-state index contributed by atoms with van der Waals surface area (Å²) in [6.45, 7) is 0. The van der Waals surface area contributed by atoms with E-state index in [9.17, 15) is 19.2 Å². The molecule has 4 aromatic rings. The molecular weight excluding hydrogens is 274 g/mol. The van der Waals surface area contributed by atoms with Crippen LogP contribution >= 0.6 is 0 Å². The lowest BCUT2D eigenvalue weighted by Gasteiger charge is -1.99. The largest absolute Gasteiger partial charge is 0.288 e. The van der Waals surface area contributed by atoms with Gasteiger partial charge in [0.05, 0.1) is 10.8 Å². The quantitative estimate of drug-likeness (QED) is 0.394. The van der Waals surface area contributed by atoms with Gasteiger partial charge in [0.2, 0.25) is 10.9 Å². The molecule has 0 saturated carbocycles. The van der Waals surface area contributed by atoms with Crippen LogP contribution in [0.2, 0.25) is 0 Å². The molecule has 0 aliphatic carbocycles. The summed E-state index contributed by atoms with van der Waals surface area (Å²) in [6, 6.07) is 6.15. The molecule has 0 aliphatic rings. The Labute approximate surface area is 114 Å². The van der Waals surface area contributed by atoms with E-state index >= 15 is 0 Å². The van der Waals surface area contributed by atoms with E-state index in [0.717, 1.165) is 0 Å². The van der Waals surface area contributed by atoms with Crippen LogP contribution in [0.1, 0.15) is 0 Å². The summed E-state index contributed by atoms with van der Waals surface area (Å²) >= 11 is 0. The SMILES string of the molecule is O=c1c2ccccc2c(=O)c2c(=O)c3[nH][nH][nH]c3c(=O)c12. The lowest BCUT2D eigenvalue weighted by molar-refractivity contribution is 0.958. The number of hydrogen-bond donors (Lipinski definition) is 3. The summed E-state index contributed by atoms with van der Waals surface area (Å²) in [5, 5.41) is 6.95. The fourth-order valence-electron chi connectivity index (χ4n) is 2.68. The molecule has 0 spiro atoms. The van der Waals surface area contributed by atoms with Crippen molar-refractivity contribution in [3.63, 3.8) is 0 Å². The molecule has 0 unspecified atom stereocenters. The number of nitrogens with one attached hydrogen (secondary N) is 3. The molecule has 3 aromatic carbocycles. The van der Waals surface area contributed by atoms with Gasteiger partial charge in [-0.05, 0) is 0 Å². The van der Waals surface area contributed by atoms with E-state index in [1.807, 2.05) is 0 Å². The van der Waals surface area contributed by atoms with Crippen LogP contribution in [0.3, 0.4) is 0 Å². The van der Waals surface area contributed by atoms with Gasteiger partial charge in [0.15, 0.2) is 10.9 Å². The van der Waals surface area contributed by atoms with Crippen LogP contribution in [0.4, 0.5) is 0 Å². The molecule has 0 bridgehead atoms. The van der Waals surface area contributed by atoms with Crippen molar-refractivity contribution in [3.05, 3.63) is 65.2 Å². The van der Waals surface area contributed by atoms with Gasteiger partial charge in [-0.2, -0.15) is 0 Å². The predicted octanol–water partition coefficient (Wildman–Crippen LogP) is 0.00910. The maximum atomic E-state index is 12.5. The first-order valence-corrected chi connectivity index (χ1v) is 6.14. The van der Waals surface area contributed by atoms with Gasteiger partial charge in [-0.1, -0.05) is 24.3 Å². The lowest BCUT2D eigenvalue weighted by Crippen LogP contribution is -2.26. The fourth-order valence-corrected chi connectivity index (χ4v) is 2.68. The van der Waals surface area contributed by atoms with Crippen LogP contribution in [0, 0.1) is 0 Å². The van der Waals surface area contributed by atoms with Crippen LogP contribution in [-0.4, -0.2) is 15.4 Å². The second-order valence-corrected chi connectivity index (χ2v) is 4.74. The van der Waals surface area contributed by atoms with Crippen LogP contribution < -0.4 is 21.7 Å². The third-order valence-electron chi connectivity index (χ3n) is 3.65. The standard InChI is InChI=1S/C14H7N3O4/c18-11-5-3-1-2-4-6(5)12(19)8-7(11)13(20)9-10(14(8)21)16-17-15-9/h1-4,15-17H. The van der Waals surface area contributed by atoms with Gasteiger partial charge in [0.1, 0.15) is 11.0 Å². The second kappa shape index (κ2) is 3.66. The summed E-state index contributed by atoms with van der Waals surface area (Å²) < 4.78 is 0. The molecule has 1 aromatic heterocycles. The Bertz CT molecular complexity index is 1170. The Hall–Kier alpha value is -3.22. The smallest absolute Gasteiger partial charge is 0.217 e.